The number of rotatable bonds is 2. The van der Waals surface area contributed by atoms with Crippen LogP contribution in [0.5, 0.6) is 0 Å². The highest BCUT2D eigenvalue weighted by atomic mass is 19.3. The van der Waals surface area contributed by atoms with Gasteiger partial charge in [0.15, 0.2) is 0 Å². The molecule has 0 unspecified atom stereocenters. The van der Waals surface area contributed by atoms with Crippen LogP contribution in [0.25, 0.3) is 0 Å². The standard InChI is InChI=1S/C3H5FO3.C2H2F2O2/c1-6-3(5)7-2-4;3-1(4)2(5)6/h2H2,1H3;1H,(H,5,6). The summed E-state index contributed by atoms with van der Waals surface area (Å²) in [5.41, 5.74) is 0. The Labute approximate surface area is 71.0 Å². The summed E-state index contributed by atoms with van der Waals surface area (Å²) >= 11 is 0. The molecule has 1 N–H and O–H groups in total. The summed E-state index contributed by atoms with van der Waals surface area (Å²) in [5, 5.41) is 7.24. The number of hydrogen-bond acceptors (Lipinski definition) is 4. The van der Waals surface area contributed by atoms with Crippen molar-refractivity contribution < 1.29 is 37.3 Å². The van der Waals surface area contributed by atoms with Crippen molar-refractivity contribution >= 4 is 12.1 Å². The molecule has 0 aromatic rings. The highest BCUT2D eigenvalue weighted by molar-refractivity contribution is 5.70. The van der Waals surface area contributed by atoms with E-state index in [4.69, 9.17) is 9.90 Å². The maximum absolute atomic E-state index is 10.9. The fourth-order valence-corrected chi connectivity index (χ4v) is 0.103. The molecule has 0 heterocycles. The van der Waals surface area contributed by atoms with Crippen molar-refractivity contribution in [1.29, 1.82) is 0 Å². The third-order valence-corrected chi connectivity index (χ3v) is 0.526. The summed E-state index contributed by atoms with van der Waals surface area (Å²) in [6.45, 7) is -1.13. The summed E-state index contributed by atoms with van der Waals surface area (Å²) in [5.74, 6) is -2.07. The number of alkyl halides is 3. The molecule has 8 heteroatoms. The Hall–Kier alpha value is -1.47. The Morgan fingerprint density at radius 2 is 1.85 bits per heavy atom. The number of ether oxygens (including phenoxy) is 2. The van der Waals surface area contributed by atoms with Crippen molar-refractivity contribution in [3.05, 3.63) is 0 Å². The van der Waals surface area contributed by atoms with Crippen molar-refractivity contribution in [3.8, 4) is 0 Å². The van der Waals surface area contributed by atoms with Gasteiger partial charge in [-0.3, -0.25) is 0 Å². The van der Waals surface area contributed by atoms with E-state index in [0.717, 1.165) is 7.11 Å². The minimum absolute atomic E-state index is 0.998. The Morgan fingerprint density at radius 1 is 1.46 bits per heavy atom. The average Bonchev–Trinajstić information content (AvgIpc) is 2.05. The van der Waals surface area contributed by atoms with E-state index >= 15 is 0 Å². The van der Waals surface area contributed by atoms with Crippen LogP contribution in [0.2, 0.25) is 0 Å². The highest BCUT2D eigenvalue weighted by Crippen LogP contribution is 1.87. The average molecular weight is 204 g/mol. The molecule has 0 atom stereocenters. The number of aliphatic carboxylic acids is 1. The molecule has 0 spiro atoms. The third-order valence-electron chi connectivity index (χ3n) is 0.526. The van der Waals surface area contributed by atoms with Crippen LogP contribution in [0.3, 0.4) is 0 Å². The zero-order valence-electron chi connectivity index (χ0n) is 6.50. The molecule has 5 nitrogen and oxygen atoms in total. The minimum Gasteiger partial charge on any atom is -0.477 e. The second-order valence-corrected chi connectivity index (χ2v) is 1.35. The van der Waals surface area contributed by atoms with Gasteiger partial charge in [0.05, 0.1) is 7.11 Å². The highest BCUT2D eigenvalue weighted by Gasteiger charge is 2.10. The normalized spacial score (nSPS) is 8.38. The summed E-state index contributed by atoms with van der Waals surface area (Å²) in [6.07, 6.45) is -4.23. The van der Waals surface area contributed by atoms with E-state index in [1.165, 1.54) is 0 Å². The maximum atomic E-state index is 10.9. The van der Waals surface area contributed by atoms with Gasteiger partial charge in [0.2, 0.25) is 6.86 Å². The fraction of sp³-hybridized carbons (Fsp3) is 0.600. The molecular formula is C5H7F3O5. The number of carbonyl (C=O) groups is 2. The van der Waals surface area contributed by atoms with E-state index in [2.05, 4.69) is 9.47 Å². The van der Waals surface area contributed by atoms with Gasteiger partial charge < -0.3 is 14.6 Å². The van der Waals surface area contributed by atoms with Crippen molar-refractivity contribution in [1.82, 2.24) is 0 Å². The topological polar surface area (TPSA) is 72.8 Å². The largest absolute Gasteiger partial charge is 0.510 e. The predicted octanol–water partition coefficient (Wildman–Crippen LogP) is 1.03. The van der Waals surface area contributed by atoms with Gasteiger partial charge in [0.1, 0.15) is 0 Å². The van der Waals surface area contributed by atoms with E-state index in [-0.39, 0.29) is 0 Å². The first-order valence-electron chi connectivity index (χ1n) is 2.73. The van der Waals surface area contributed by atoms with Gasteiger partial charge in [-0.15, -0.1) is 0 Å². The number of methoxy groups -OCH3 is 1. The lowest BCUT2D eigenvalue weighted by Crippen LogP contribution is -2.06. The van der Waals surface area contributed by atoms with Crippen LogP contribution in [-0.4, -0.2) is 37.6 Å². The number of carboxylic acid groups (broad SMARTS) is 1. The molecule has 0 saturated heterocycles. The maximum Gasteiger partial charge on any atom is 0.510 e. The molecule has 13 heavy (non-hydrogen) atoms. The van der Waals surface area contributed by atoms with Crippen LogP contribution < -0.4 is 0 Å². The smallest absolute Gasteiger partial charge is 0.477 e. The van der Waals surface area contributed by atoms with Gasteiger partial charge in [-0.25, -0.2) is 14.0 Å². The van der Waals surface area contributed by atoms with Gasteiger partial charge in [-0.05, 0) is 0 Å². The van der Waals surface area contributed by atoms with Gasteiger partial charge in [0, 0.05) is 0 Å². The number of carbonyl (C=O) groups excluding carboxylic acids is 1. The molecule has 78 valence electrons. The molecule has 0 saturated carbocycles. The Kier molecular flexibility index (Phi) is 9.34. The van der Waals surface area contributed by atoms with Crippen LogP contribution >= 0.6 is 0 Å². The predicted molar refractivity (Wildman–Crippen MR) is 33.1 cm³/mol. The zero-order chi connectivity index (χ0) is 10.9. The van der Waals surface area contributed by atoms with Crippen molar-refractivity contribution in [2.75, 3.05) is 14.0 Å². The van der Waals surface area contributed by atoms with Crippen molar-refractivity contribution in [3.63, 3.8) is 0 Å². The van der Waals surface area contributed by atoms with Gasteiger partial charge >= 0.3 is 18.6 Å². The summed E-state index contributed by atoms with van der Waals surface area (Å²) < 4.78 is 39.6. The van der Waals surface area contributed by atoms with Gasteiger partial charge in [-0.2, -0.15) is 8.78 Å². The molecule has 0 aliphatic carbocycles. The van der Waals surface area contributed by atoms with Gasteiger partial charge in [0.25, 0.3) is 0 Å². The van der Waals surface area contributed by atoms with E-state index in [0.29, 0.717) is 0 Å². The number of halogens is 3. The second kappa shape index (κ2) is 8.62. The lowest BCUT2D eigenvalue weighted by molar-refractivity contribution is -0.149. The van der Waals surface area contributed by atoms with E-state index in [1.54, 1.807) is 0 Å². The van der Waals surface area contributed by atoms with Crippen LogP contribution in [0.15, 0.2) is 0 Å². The van der Waals surface area contributed by atoms with Crippen LogP contribution in [0.1, 0.15) is 0 Å². The first kappa shape index (κ1) is 14.1. The third kappa shape index (κ3) is 13.5. The molecular weight excluding hydrogens is 197 g/mol. The first-order valence-corrected chi connectivity index (χ1v) is 2.73. The summed E-state index contributed by atoms with van der Waals surface area (Å²) in [4.78, 5) is 18.7. The van der Waals surface area contributed by atoms with Gasteiger partial charge in [-0.1, -0.05) is 0 Å². The SMILES string of the molecule is COC(=O)OCF.O=C(O)C(F)F. The molecule has 0 rings (SSSR count). The quantitative estimate of drug-likeness (QED) is 0.680. The molecule has 0 aliphatic heterocycles. The Balaban J connectivity index is 0. The molecule has 0 fully saturated rings. The summed E-state index contributed by atoms with van der Waals surface area (Å²) in [7, 11) is 1.11. The lowest BCUT2D eigenvalue weighted by atomic mass is 10.7. The van der Waals surface area contributed by atoms with Crippen molar-refractivity contribution in [2.24, 2.45) is 0 Å². The minimum atomic E-state index is -3.23. The second-order valence-electron chi connectivity index (χ2n) is 1.35. The molecule has 0 amide bonds. The van der Waals surface area contributed by atoms with E-state index in [9.17, 15) is 18.0 Å². The van der Waals surface area contributed by atoms with Crippen LogP contribution in [0, 0.1) is 0 Å². The molecule has 0 bridgehead atoms. The number of hydrogen-bond donors (Lipinski definition) is 1. The molecule has 0 aromatic heterocycles. The zero-order valence-corrected chi connectivity index (χ0v) is 6.50. The fourth-order valence-electron chi connectivity index (χ4n) is 0.103. The first-order chi connectivity index (χ1) is 5.95. The lowest BCUT2D eigenvalue weighted by Gasteiger charge is -1.92. The summed E-state index contributed by atoms with van der Waals surface area (Å²) in [6, 6.07) is 0. The monoisotopic (exact) mass is 204 g/mol. The number of carboxylic acids is 1. The molecule has 0 aromatic carbocycles. The van der Waals surface area contributed by atoms with Crippen LogP contribution in [-0.2, 0) is 14.3 Å². The van der Waals surface area contributed by atoms with Crippen molar-refractivity contribution in [2.45, 2.75) is 6.43 Å². The molecule has 0 radical (unpaired) electrons. The molecule has 0 aliphatic rings. The van der Waals surface area contributed by atoms with E-state index < -0.39 is 25.4 Å². The Morgan fingerprint density at radius 3 is 1.92 bits per heavy atom. The van der Waals surface area contributed by atoms with Crippen LogP contribution in [0.4, 0.5) is 18.0 Å². The van der Waals surface area contributed by atoms with E-state index in [1.807, 2.05) is 0 Å². The Bertz CT molecular complexity index is 160.